The molecule has 188 valence electrons. The van der Waals surface area contributed by atoms with Gasteiger partial charge < -0.3 is 10.2 Å². The van der Waals surface area contributed by atoms with E-state index in [4.69, 9.17) is 0 Å². The number of halogens is 7. The number of benzene rings is 1. The molecule has 1 amide bonds. The number of aromatic nitrogens is 1. The topological polar surface area (TPSA) is 69.0 Å². The van der Waals surface area contributed by atoms with Crippen molar-refractivity contribution < 1.29 is 35.5 Å². The fourth-order valence-electron chi connectivity index (χ4n) is 3.22. The van der Waals surface area contributed by atoms with Gasteiger partial charge in [-0.2, -0.15) is 43.4 Å². The first kappa shape index (κ1) is 26.6. The van der Waals surface area contributed by atoms with Crippen LogP contribution in [-0.2, 0) is 16.7 Å². The van der Waals surface area contributed by atoms with Crippen molar-refractivity contribution in [2.45, 2.75) is 42.5 Å². The first-order valence-corrected chi connectivity index (χ1v) is 11.4. The second kappa shape index (κ2) is 10.3. The van der Waals surface area contributed by atoms with Gasteiger partial charge in [0.2, 0.25) is 5.91 Å². The summed E-state index contributed by atoms with van der Waals surface area (Å²) in [7, 11) is 0. The van der Waals surface area contributed by atoms with Gasteiger partial charge >= 0.3 is 12.4 Å². The first-order valence-electron chi connectivity index (χ1n) is 10.2. The van der Waals surface area contributed by atoms with Crippen molar-refractivity contribution in [1.29, 1.82) is 5.26 Å². The number of nitrogens with zero attached hydrogens (tertiary/aromatic N) is 3. The van der Waals surface area contributed by atoms with Crippen LogP contribution in [0.3, 0.4) is 0 Å². The smallest absolute Gasteiger partial charge is 0.350 e. The van der Waals surface area contributed by atoms with Crippen LogP contribution in [0, 0.1) is 17.1 Å². The maximum Gasteiger partial charge on any atom is 0.433 e. The highest BCUT2D eigenvalue weighted by Crippen LogP contribution is 2.35. The van der Waals surface area contributed by atoms with E-state index in [2.05, 4.69) is 10.3 Å². The Bertz CT molecular complexity index is 1080. The average Bonchev–Trinajstić information content (AvgIpc) is 3.55. The van der Waals surface area contributed by atoms with Gasteiger partial charge in [0.05, 0.1) is 11.8 Å². The van der Waals surface area contributed by atoms with Crippen LogP contribution in [0.4, 0.5) is 36.4 Å². The minimum Gasteiger partial charge on any atom is -0.350 e. The van der Waals surface area contributed by atoms with E-state index >= 15 is 0 Å². The fraction of sp³-hybridized carbons (Fsp3) is 0.409. The Morgan fingerprint density at radius 3 is 2.34 bits per heavy atom. The summed E-state index contributed by atoms with van der Waals surface area (Å²) in [6.45, 7) is -1.54. The Kier molecular flexibility index (Phi) is 7.83. The molecule has 1 atom stereocenters. The second-order valence-corrected chi connectivity index (χ2v) is 8.98. The quantitative estimate of drug-likeness (QED) is 0.467. The highest BCUT2D eigenvalue weighted by molar-refractivity contribution is 7.98. The summed E-state index contributed by atoms with van der Waals surface area (Å²) in [5, 5.41) is 11.8. The van der Waals surface area contributed by atoms with Crippen LogP contribution >= 0.6 is 11.8 Å². The Balaban J connectivity index is 1.85. The molecule has 0 spiro atoms. The molecule has 0 radical (unpaired) electrons. The van der Waals surface area contributed by atoms with Gasteiger partial charge in [-0.05, 0) is 49.2 Å². The molecule has 1 N–H and O–H groups in total. The summed E-state index contributed by atoms with van der Waals surface area (Å²) < 4.78 is 92.4. The normalized spacial score (nSPS) is 15.7. The van der Waals surface area contributed by atoms with E-state index in [-0.39, 0.29) is 22.9 Å². The van der Waals surface area contributed by atoms with E-state index in [0.29, 0.717) is 12.8 Å². The lowest BCUT2D eigenvalue weighted by Gasteiger charge is -2.34. The molecule has 1 aliphatic rings. The number of anilines is 1. The Morgan fingerprint density at radius 2 is 1.80 bits per heavy atom. The molecule has 1 fully saturated rings. The lowest BCUT2D eigenvalue weighted by molar-refractivity contribution is -0.141. The maximum atomic E-state index is 13.4. The highest BCUT2D eigenvalue weighted by atomic mass is 32.2. The first-order chi connectivity index (χ1) is 16.3. The second-order valence-electron chi connectivity index (χ2n) is 7.95. The predicted octanol–water partition coefficient (Wildman–Crippen LogP) is 5.08. The van der Waals surface area contributed by atoms with Gasteiger partial charge in [-0.1, -0.05) is 6.07 Å². The molecule has 1 heterocycles. The number of hydrogen-bond donors (Lipinski definition) is 1. The zero-order valence-corrected chi connectivity index (χ0v) is 18.8. The van der Waals surface area contributed by atoms with Gasteiger partial charge in [-0.25, -0.2) is 9.37 Å². The van der Waals surface area contributed by atoms with Crippen LogP contribution in [0.2, 0.25) is 0 Å². The van der Waals surface area contributed by atoms with Gasteiger partial charge in [0.1, 0.15) is 29.6 Å². The number of carbonyl (C=O) groups excluding carboxylic acids is 1. The van der Waals surface area contributed by atoms with Crippen LogP contribution in [0.25, 0.3) is 0 Å². The van der Waals surface area contributed by atoms with Gasteiger partial charge in [0.25, 0.3) is 0 Å². The molecule has 0 aliphatic heterocycles. The van der Waals surface area contributed by atoms with Crippen molar-refractivity contribution in [3.63, 3.8) is 0 Å². The lowest BCUT2D eigenvalue weighted by Crippen LogP contribution is -2.54. The number of alkyl halides is 6. The molecule has 13 heteroatoms. The molecule has 1 aliphatic carbocycles. The third kappa shape index (κ3) is 7.48. The average molecular weight is 520 g/mol. The number of nitrogens with one attached hydrogen (secondary N) is 1. The molecule has 1 saturated carbocycles. The van der Waals surface area contributed by atoms with Crippen molar-refractivity contribution in [2.75, 3.05) is 17.2 Å². The van der Waals surface area contributed by atoms with Crippen LogP contribution < -0.4 is 10.2 Å². The summed E-state index contributed by atoms with van der Waals surface area (Å²) >= 11 is 0.912. The molecular weight excluding hydrogens is 501 g/mol. The van der Waals surface area contributed by atoms with E-state index in [1.807, 2.05) is 6.07 Å². The van der Waals surface area contributed by atoms with Crippen molar-refractivity contribution in [3.8, 4) is 6.07 Å². The molecule has 35 heavy (non-hydrogen) atoms. The van der Waals surface area contributed by atoms with Crippen molar-refractivity contribution in [1.82, 2.24) is 10.3 Å². The molecular formula is C22H19F7N4OS. The monoisotopic (exact) mass is 520 g/mol. The highest BCUT2D eigenvalue weighted by Gasteiger charge is 2.47. The number of nitriles is 1. The Hall–Kier alpha value is -3.01. The van der Waals surface area contributed by atoms with Gasteiger partial charge in [-0.15, -0.1) is 0 Å². The van der Waals surface area contributed by atoms with Gasteiger partial charge in [-0.3, -0.25) is 4.79 Å². The molecule has 3 rings (SSSR count). The third-order valence-electron chi connectivity index (χ3n) is 5.14. The Labute approximate surface area is 200 Å². The zero-order valence-electron chi connectivity index (χ0n) is 18.0. The van der Waals surface area contributed by atoms with E-state index in [1.165, 1.54) is 6.07 Å². The molecule has 5 nitrogen and oxygen atoms in total. The van der Waals surface area contributed by atoms with Gasteiger partial charge in [0.15, 0.2) is 0 Å². The minimum atomic E-state index is -4.73. The zero-order chi connectivity index (χ0) is 25.9. The molecule has 1 aromatic carbocycles. The van der Waals surface area contributed by atoms with Crippen LogP contribution in [0.15, 0.2) is 42.5 Å². The van der Waals surface area contributed by atoms with E-state index < -0.39 is 47.9 Å². The van der Waals surface area contributed by atoms with Crippen molar-refractivity contribution in [2.24, 2.45) is 0 Å². The molecule has 0 bridgehead atoms. The molecule has 1 aromatic heterocycles. The largest absolute Gasteiger partial charge is 0.433 e. The lowest BCUT2D eigenvalue weighted by atomic mass is 10.1. The summed E-state index contributed by atoms with van der Waals surface area (Å²) in [4.78, 5) is 17.3. The van der Waals surface area contributed by atoms with E-state index in [9.17, 15) is 40.8 Å². The van der Waals surface area contributed by atoms with E-state index in [1.54, 1.807) is 0 Å². The van der Waals surface area contributed by atoms with Crippen molar-refractivity contribution in [3.05, 3.63) is 59.7 Å². The molecule has 0 saturated heterocycles. The summed E-state index contributed by atoms with van der Waals surface area (Å²) in [5.74, 6) is -1.91. The van der Waals surface area contributed by atoms with E-state index in [0.717, 1.165) is 53.1 Å². The van der Waals surface area contributed by atoms with Crippen LogP contribution in [-0.4, -0.2) is 40.9 Å². The molecule has 2 aromatic rings. The Morgan fingerprint density at radius 1 is 1.14 bits per heavy atom. The number of thioether (sulfide) groups is 1. The fourth-order valence-corrected chi connectivity index (χ4v) is 4.26. The number of amides is 1. The summed E-state index contributed by atoms with van der Waals surface area (Å²) in [5.41, 5.74) is -2.32. The number of rotatable bonds is 9. The van der Waals surface area contributed by atoms with Crippen molar-refractivity contribution >= 4 is 23.4 Å². The van der Waals surface area contributed by atoms with Crippen LogP contribution in [0.5, 0.6) is 0 Å². The van der Waals surface area contributed by atoms with Gasteiger partial charge in [0, 0.05) is 17.2 Å². The number of pyridine rings is 1. The standard InChI is InChI=1S/C22H19F7N4OS/c23-14-4-6-16(7-5-14)33(13-21(24,25)26)17(19(34)32-20(12-30)8-9-20)11-35-10-15-2-1-3-18(31-15)22(27,28)29/h1-7,17H,8-11,13H2,(H,32,34)/t17-/m0/s1. The molecule has 0 unspecified atom stereocenters. The number of hydrogen-bond acceptors (Lipinski definition) is 5. The number of carbonyl (C=O) groups is 1. The summed E-state index contributed by atoms with van der Waals surface area (Å²) in [6.07, 6.45) is -8.70. The third-order valence-corrected chi connectivity index (χ3v) is 6.19. The maximum absolute atomic E-state index is 13.4. The predicted molar refractivity (Wildman–Crippen MR) is 115 cm³/mol. The SMILES string of the molecule is N#CC1(NC(=O)[C@H](CSCc2cccc(C(F)(F)F)n2)N(CC(F)(F)F)c2ccc(F)cc2)CC1. The summed E-state index contributed by atoms with van der Waals surface area (Å²) in [6, 6.07) is 7.85. The van der Waals surface area contributed by atoms with Crippen LogP contribution in [0.1, 0.15) is 24.2 Å². The minimum absolute atomic E-state index is 0.0313.